The van der Waals surface area contributed by atoms with Crippen molar-refractivity contribution in [1.82, 2.24) is 34.7 Å². The van der Waals surface area contributed by atoms with E-state index >= 15 is 0 Å². The van der Waals surface area contributed by atoms with Crippen molar-refractivity contribution in [3.8, 4) is 0 Å². The number of amides is 1. The highest BCUT2D eigenvalue weighted by Crippen LogP contribution is 2.29. The Labute approximate surface area is 157 Å². The van der Waals surface area contributed by atoms with E-state index in [0.29, 0.717) is 19.0 Å². The van der Waals surface area contributed by atoms with Crippen LogP contribution >= 0.6 is 0 Å². The predicted octanol–water partition coefficient (Wildman–Crippen LogP) is 1.89. The van der Waals surface area contributed by atoms with Gasteiger partial charge in [0, 0.05) is 37.9 Å². The summed E-state index contributed by atoms with van der Waals surface area (Å²) in [6, 6.07) is 9.14. The third-order valence-electron chi connectivity index (χ3n) is 5.24. The number of aryl methyl sites for hydroxylation is 1. The molecule has 1 aliphatic rings. The Kier molecular flexibility index (Phi) is 4.95. The average Bonchev–Trinajstić information content (AvgIpc) is 3.41. The van der Waals surface area contributed by atoms with Crippen LogP contribution in [0.4, 0.5) is 0 Å². The van der Waals surface area contributed by atoms with Gasteiger partial charge in [0.15, 0.2) is 6.04 Å². The Balaban J connectivity index is 1.50. The zero-order chi connectivity index (χ0) is 18.6. The van der Waals surface area contributed by atoms with E-state index in [4.69, 9.17) is 0 Å². The van der Waals surface area contributed by atoms with E-state index in [1.54, 1.807) is 0 Å². The van der Waals surface area contributed by atoms with Gasteiger partial charge in [-0.2, -0.15) is 0 Å². The van der Waals surface area contributed by atoms with Crippen LogP contribution < -0.4 is 0 Å². The van der Waals surface area contributed by atoms with Crippen LogP contribution in [-0.4, -0.2) is 53.7 Å². The molecule has 27 heavy (non-hydrogen) atoms. The molecule has 3 aromatic rings. The fourth-order valence-corrected chi connectivity index (χ4v) is 3.81. The number of hydrogen-bond acceptors (Lipinski definition) is 5. The predicted molar refractivity (Wildman–Crippen MR) is 98.9 cm³/mol. The Hall–Kier alpha value is -3.03. The van der Waals surface area contributed by atoms with E-state index in [9.17, 15) is 4.79 Å². The number of hydrogen-bond donors (Lipinski definition) is 0. The van der Waals surface area contributed by atoms with Crippen molar-refractivity contribution in [2.75, 3.05) is 13.1 Å². The van der Waals surface area contributed by atoms with Crippen molar-refractivity contribution in [3.05, 3.63) is 60.4 Å². The van der Waals surface area contributed by atoms with E-state index in [1.807, 2.05) is 47.6 Å². The van der Waals surface area contributed by atoms with Crippen LogP contribution in [0.2, 0.25) is 0 Å². The first kappa shape index (κ1) is 17.4. The van der Waals surface area contributed by atoms with Crippen LogP contribution in [0.15, 0.2) is 49.1 Å². The van der Waals surface area contributed by atoms with Gasteiger partial charge in [-0.25, -0.2) is 9.67 Å². The smallest absolute Gasteiger partial charge is 0.252 e. The molecule has 0 unspecified atom stereocenters. The van der Waals surface area contributed by atoms with Crippen LogP contribution in [0.5, 0.6) is 0 Å². The third-order valence-corrected chi connectivity index (χ3v) is 5.24. The Bertz CT molecular complexity index is 867. The SMILES string of the molecule is CCn1ccnc1C1CCN(C(=O)[C@@H](c2ccccc2)n2cnnn2)CC1. The minimum absolute atomic E-state index is 0.0331. The van der Waals surface area contributed by atoms with Gasteiger partial charge in [0.25, 0.3) is 5.91 Å². The van der Waals surface area contributed by atoms with Gasteiger partial charge in [-0.05, 0) is 35.8 Å². The summed E-state index contributed by atoms with van der Waals surface area (Å²) in [5.41, 5.74) is 0.887. The van der Waals surface area contributed by atoms with E-state index < -0.39 is 6.04 Å². The lowest BCUT2D eigenvalue weighted by Crippen LogP contribution is -2.42. The lowest BCUT2D eigenvalue weighted by Gasteiger charge is -2.34. The summed E-state index contributed by atoms with van der Waals surface area (Å²) in [7, 11) is 0. The van der Waals surface area contributed by atoms with Crippen LogP contribution in [0.25, 0.3) is 0 Å². The number of carbonyl (C=O) groups excluding carboxylic acids is 1. The number of benzene rings is 1. The molecular weight excluding hydrogens is 342 g/mol. The minimum Gasteiger partial charge on any atom is -0.340 e. The molecule has 0 aliphatic carbocycles. The fourth-order valence-electron chi connectivity index (χ4n) is 3.81. The number of likely N-dealkylation sites (tertiary alicyclic amines) is 1. The summed E-state index contributed by atoms with van der Waals surface area (Å²) in [6.07, 6.45) is 7.22. The van der Waals surface area contributed by atoms with Crippen LogP contribution in [0, 0.1) is 0 Å². The van der Waals surface area contributed by atoms with Gasteiger partial charge in [0.1, 0.15) is 12.2 Å². The van der Waals surface area contributed by atoms with Crippen molar-refractivity contribution in [2.24, 2.45) is 0 Å². The number of tetrazole rings is 1. The van der Waals surface area contributed by atoms with Gasteiger partial charge >= 0.3 is 0 Å². The maximum atomic E-state index is 13.3. The Morgan fingerprint density at radius 1 is 1.22 bits per heavy atom. The van der Waals surface area contributed by atoms with Crippen LogP contribution in [0.1, 0.15) is 43.1 Å². The first-order valence-electron chi connectivity index (χ1n) is 9.35. The monoisotopic (exact) mass is 365 g/mol. The highest BCUT2D eigenvalue weighted by Gasteiger charge is 2.32. The van der Waals surface area contributed by atoms with Gasteiger partial charge in [0.2, 0.25) is 0 Å². The Morgan fingerprint density at radius 3 is 2.67 bits per heavy atom. The van der Waals surface area contributed by atoms with Crippen molar-refractivity contribution in [3.63, 3.8) is 0 Å². The molecule has 8 heteroatoms. The maximum Gasteiger partial charge on any atom is 0.252 e. The molecule has 1 aliphatic heterocycles. The van der Waals surface area contributed by atoms with Crippen molar-refractivity contribution < 1.29 is 4.79 Å². The summed E-state index contributed by atoms with van der Waals surface area (Å²) < 4.78 is 3.73. The standard InChI is InChI=1S/C19H23N7O/c1-2-24-13-10-20-18(24)16-8-11-25(12-9-16)19(27)17(26-14-21-22-23-26)15-6-4-3-5-7-15/h3-7,10,13-14,16-17H,2,8-9,11-12H2,1H3/t17-/m1/s1. The Morgan fingerprint density at radius 2 is 2.00 bits per heavy atom. The molecule has 1 atom stereocenters. The summed E-state index contributed by atoms with van der Waals surface area (Å²) in [5, 5.41) is 11.4. The molecule has 0 spiro atoms. The number of carbonyl (C=O) groups is 1. The average molecular weight is 365 g/mol. The molecular formula is C19H23N7O. The number of aromatic nitrogens is 6. The molecule has 1 aromatic carbocycles. The fraction of sp³-hybridized carbons (Fsp3) is 0.421. The topological polar surface area (TPSA) is 81.7 Å². The van der Waals surface area contributed by atoms with Gasteiger partial charge in [0.05, 0.1) is 0 Å². The molecule has 1 saturated heterocycles. The number of rotatable bonds is 5. The molecule has 2 aromatic heterocycles. The molecule has 140 valence electrons. The summed E-state index contributed by atoms with van der Waals surface area (Å²) in [4.78, 5) is 19.8. The van der Waals surface area contributed by atoms with Gasteiger partial charge in [-0.1, -0.05) is 30.3 Å². The van der Waals surface area contributed by atoms with Crippen molar-refractivity contribution in [2.45, 2.75) is 38.3 Å². The molecule has 8 nitrogen and oxygen atoms in total. The van der Waals surface area contributed by atoms with Crippen LogP contribution in [-0.2, 0) is 11.3 Å². The zero-order valence-electron chi connectivity index (χ0n) is 15.3. The molecule has 1 fully saturated rings. The summed E-state index contributed by atoms with van der Waals surface area (Å²) in [5.74, 6) is 1.56. The third kappa shape index (κ3) is 3.47. The lowest BCUT2D eigenvalue weighted by molar-refractivity contribution is -0.135. The second-order valence-corrected chi connectivity index (χ2v) is 6.77. The van der Waals surface area contributed by atoms with E-state index in [1.165, 1.54) is 11.0 Å². The molecule has 3 heterocycles. The quantitative estimate of drug-likeness (QED) is 0.690. The molecule has 0 saturated carbocycles. The first-order valence-corrected chi connectivity index (χ1v) is 9.35. The van der Waals surface area contributed by atoms with E-state index in [2.05, 4.69) is 32.0 Å². The van der Waals surface area contributed by atoms with Gasteiger partial charge in [-0.15, -0.1) is 5.10 Å². The van der Waals surface area contributed by atoms with Gasteiger partial charge in [-0.3, -0.25) is 4.79 Å². The second-order valence-electron chi connectivity index (χ2n) is 6.77. The van der Waals surface area contributed by atoms with E-state index in [-0.39, 0.29) is 5.91 Å². The van der Waals surface area contributed by atoms with E-state index in [0.717, 1.165) is 30.8 Å². The second kappa shape index (κ2) is 7.69. The number of imidazole rings is 1. The minimum atomic E-state index is -0.532. The normalized spacial score (nSPS) is 16.4. The van der Waals surface area contributed by atoms with Crippen LogP contribution in [0.3, 0.4) is 0 Å². The van der Waals surface area contributed by atoms with Crippen molar-refractivity contribution >= 4 is 5.91 Å². The van der Waals surface area contributed by atoms with Crippen molar-refractivity contribution in [1.29, 1.82) is 0 Å². The molecule has 0 N–H and O–H groups in total. The maximum absolute atomic E-state index is 13.3. The number of piperidine rings is 1. The molecule has 0 bridgehead atoms. The lowest BCUT2D eigenvalue weighted by atomic mass is 9.94. The molecule has 1 amide bonds. The number of nitrogens with zero attached hydrogens (tertiary/aromatic N) is 7. The highest BCUT2D eigenvalue weighted by atomic mass is 16.2. The van der Waals surface area contributed by atoms with Gasteiger partial charge < -0.3 is 9.47 Å². The first-order chi connectivity index (χ1) is 13.3. The summed E-state index contributed by atoms with van der Waals surface area (Å²) >= 11 is 0. The molecule has 4 rings (SSSR count). The highest BCUT2D eigenvalue weighted by molar-refractivity contribution is 5.83. The largest absolute Gasteiger partial charge is 0.340 e. The summed E-state index contributed by atoms with van der Waals surface area (Å²) in [6.45, 7) is 4.47. The molecule has 0 radical (unpaired) electrons. The zero-order valence-corrected chi connectivity index (χ0v) is 15.3.